The van der Waals surface area contributed by atoms with Gasteiger partial charge in [-0.15, -0.1) is 0 Å². The topological polar surface area (TPSA) is 103 Å². The number of anilines is 2. The molecule has 2 aromatic carbocycles. The van der Waals surface area contributed by atoms with Crippen LogP contribution in [-0.2, 0) is 0 Å². The number of hydrogen-bond donors (Lipinski definition) is 2. The van der Waals surface area contributed by atoms with Crippen LogP contribution in [0.2, 0.25) is 0 Å². The second kappa shape index (κ2) is 9.82. The van der Waals surface area contributed by atoms with Gasteiger partial charge in [0.15, 0.2) is 0 Å². The lowest BCUT2D eigenvalue weighted by Gasteiger charge is -2.10. The zero-order valence-electron chi connectivity index (χ0n) is 18.6. The highest BCUT2D eigenvalue weighted by atomic mass is 16.5. The largest absolute Gasteiger partial charge is 0.494 e. The van der Waals surface area contributed by atoms with Gasteiger partial charge < -0.3 is 20.1 Å². The summed E-state index contributed by atoms with van der Waals surface area (Å²) >= 11 is 0. The Balaban J connectivity index is 1.36. The molecule has 0 aliphatic carbocycles. The number of benzene rings is 2. The van der Waals surface area contributed by atoms with Crippen molar-refractivity contribution in [3.05, 3.63) is 78.6 Å². The molecule has 2 amide bonds. The standard InChI is InChI=1S/C24H24N6O3/c1-4-32-20-9-5-18(6-10-20)28-24(31)29-19-7-11-21(12-8-19)33-23-13-22(25-14-26-23)30-15-27-16(2)17(30)3/h5-15H,4H2,1-3H3,(H2,28,29,31). The van der Waals surface area contributed by atoms with E-state index in [0.717, 1.165) is 17.1 Å². The maximum atomic E-state index is 12.3. The minimum absolute atomic E-state index is 0.348. The van der Waals surface area contributed by atoms with Crippen molar-refractivity contribution >= 4 is 17.4 Å². The number of carbonyl (C=O) groups excluding carboxylic acids is 1. The molecule has 2 heterocycles. The van der Waals surface area contributed by atoms with E-state index in [4.69, 9.17) is 9.47 Å². The van der Waals surface area contributed by atoms with Crippen molar-refractivity contribution in [2.24, 2.45) is 0 Å². The smallest absolute Gasteiger partial charge is 0.323 e. The second-order valence-corrected chi connectivity index (χ2v) is 7.16. The van der Waals surface area contributed by atoms with Crippen molar-refractivity contribution in [3.8, 4) is 23.2 Å². The Labute approximate surface area is 191 Å². The second-order valence-electron chi connectivity index (χ2n) is 7.16. The molecule has 0 atom stereocenters. The van der Waals surface area contributed by atoms with E-state index >= 15 is 0 Å². The molecule has 4 aromatic rings. The molecule has 0 fully saturated rings. The number of hydrogen-bond acceptors (Lipinski definition) is 6. The molecule has 4 rings (SSSR count). The maximum Gasteiger partial charge on any atom is 0.323 e. The molecule has 0 aliphatic heterocycles. The molecule has 2 aromatic heterocycles. The molecule has 9 heteroatoms. The van der Waals surface area contributed by atoms with E-state index in [-0.39, 0.29) is 6.03 Å². The maximum absolute atomic E-state index is 12.3. The van der Waals surface area contributed by atoms with E-state index in [2.05, 4.69) is 25.6 Å². The van der Waals surface area contributed by atoms with E-state index in [1.807, 2.05) is 25.3 Å². The molecule has 0 saturated heterocycles. The quantitative estimate of drug-likeness (QED) is 0.410. The summed E-state index contributed by atoms with van der Waals surface area (Å²) in [6.07, 6.45) is 3.16. The Morgan fingerprint density at radius 3 is 2.12 bits per heavy atom. The van der Waals surface area contributed by atoms with Gasteiger partial charge in [-0.25, -0.2) is 19.7 Å². The summed E-state index contributed by atoms with van der Waals surface area (Å²) in [6.45, 7) is 6.43. The molecule has 2 N–H and O–H groups in total. The zero-order valence-corrected chi connectivity index (χ0v) is 18.6. The monoisotopic (exact) mass is 444 g/mol. The molecule has 0 bridgehead atoms. The molecule has 33 heavy (non-hydrogen) atoms. The SMILES string of the molecule is CCOc1ccc(NC(=O)Nc2ccc(Oc3cc(-n4cnc(C)c4C)ncn3)cc2)cc1. The Morgan fingerprint density at radius 1 is 0.909 bits per heavy atom. The third kappa shape index (κ3) is 5.45. The van der Waals surface area contributed by atoms with Gasteiger partial charge in [-0.3, -0.25) is 4.57 Å². The van der Waals surface area contributed by atoms with Crippen LogP contribution in [0.25, 0.3) is 5.82 Å². The Hall–Kier alpha value is -4.40. The number of imidazole rings is 1. The van der Waals surface area contributed by atoms with Gasteiger partial charge in [-0.1, -0.05) is 0 Å². The van der Waals surface area contributed by atoms with Crippen LogP contribution in [0.3, 0.4) is 0 Å². The minimum atomic E-state index is -0.348. The summed E-state index contributed by atoms with van der Waals surface area (Å²) in [5.74, 6) is 2.41. The molecular weight excluding hydrogens is 420 g/mol. The van der Waals surface area contributed by atoms with E-state index < -0.39 is 0 Å². The van der Waals surface area contributed by atoms with Crippen LogP contribution < -0.4 is 20.1 Å². The highest BCUT2D eigenvalue weighted by Crippen LogP contribution is 2.23. The van der Waals surface area contributed by atoms with Crippen LogP contribution in [0.1, 0.15) is 18.3 Å². The number of nitrogens with zero attached hydrogens (tertiary/aromatic N) is 4. The first-order chi connectivity index (χ1) is 16.0. The lowest BCUT2D eigenvalue weighted by Crippen LogP contribution is -2.19. The van der Waals surface area contributed by atoms with Crippen molar-refractivity contribution in [2.75, 3.05) is 17.2 Å². The number of carbonyl (C=O) groups is 1. The predicted molar refractivity (Wildman–Crippen MR) is 125 cm³/mol. The van der Waals surface area contributed by atoms with E-state index in [9.17, 15) is 4.79 Å². The van der Waals surface area contributed by atoms with Crippen LogP contribution in [0, 0.1) is 13.8 Å². The molecule has 168 valence electrons. The Morgan fingerprint density at radius 2 is 1.55 bits per heavy atom. The van der Waals surface area contributed by atoms with Crippen LogP contribution in [0.15, 0.2) is 67.3 Å². The minimum Gasteiger partial charge on any atom is -0.494 e. The van der Waals surface area contributed by atoms with Gasteiger partial charge in [-0.05, 0) is 69.3 Å². The van der Waals surface area contributed by atoms with E-state index in [1.165, 1.54) is 6.33 Å². The number of rotatable bonds is 7. The van der Waals surface area contributed by atoms with Gasteiger partial charge in [0, 0.05) is 23.1 Å². The number of ether oxygens (including phenoxy) is 2. The summed E-state index contributed by atoms with van der Waals surface area (Å²) in [6, 6.07) is 15.6. The summed E-state index contributed by atoms with van der Waals surface area (Å²) in [7, 11) is 0. The molecule has 0 unspecified atom stereocenters. The fourth-order valence-electron chi connectivity index (χ4n) is 3.07. The summed E-state index contributed by atoms with van der Waals surface area (Å²) in [5, 5.41) is 5.57. The first kappa shape index (κ1) is 21.8. The van der Waals surface area contributed by atoms with Gasteiger partial charge in [0.1, 0.15) is 30.0 Å². The fraction of sp³-hybridized carbons (Fsp3) is 0.167. The highest BCUT2D eigenvalue weighted by molar-refractivity contribution is 5.99. The van der Waals surface area contributed by atoms with Crippen molar-refractivity contribution < 1.29 is 14.3 Å². The lowest BCUT2D eigenvalue weighted by atomic mass is 10.3. The molecule has 0 spiro atoms. The van der Waals surface area contributed by atoms with Gasteiger partial charge in [0.05, 0.1) is 12.3 Å². The lowest BCUT2D eigenvalue weighted by molar-refractivity contribution is 0.262. The van der Waals surface area contributed by atoms with Gasteiger partial charge in [0.2, 0.25) is 5.88 Å². The van der Waals surface area contributed by atoms with Crippen LogP contribution in [0.5, 0.6) is 17.4 Å². The van der Waals surface area contributed by atoms with Crippen molar-refractivity contribution in [3.63, 3.8) is 0 Å². The number of aryl methyl sites for hydroxylation is 1. The first-order valence-electron chi connectivity index (χ1n) is 10.4. The highest BCUT2D eigenvalue weighted by Gasteiger charge is 2.09. The predicted octanol–water partition coefficient (Wildman–Crippen LogP) is 5.11. The van der Waals surface area contributed by atoms with Crippen molar-refractivity contribution in [2.45, 2.75) is 20.8 Å². The van der Waals surface area contributed by atoms with Gasteiger partial charge in [-0.2, -0.15) is 0 Å². The number of urea groups is 1. The molecular formula is C24H24N6O3. The zero-order chi connectivity index (χ0) is 23.2. The third-order valence-corrected chi connectivity index (χ3v) is 4.88. The van der Waals surface area contributed by atoms with Crippen molar-refractivity contribution in [1.82, 2.24) is 19.5 Å². The molecule has 9 nitrogen and oxygen atoms in total. The molecule has 0 aliphatic rings. The number of amides is 2. The Kier molecular flexibility index (Phi) is 6.49. The fourth-order valence-corrected chi connectivity index (χ4v) is 3.07. The van der Waals surface area contributed by atoms with Gasteiger partial charge >= 0.3 is 6.03 Å². The Bertz CT molecular complexity index is 1240. The average molecular weight is 444 g/mol. The third-order valence-electron chi connectivity index (χ3n) is 4.88. The van der Waals surface area contributed by atoms with Crippen LogP contribution in [-0.4, -0.2) is 32.2 Å². The summed E-state index contributed by atoms with van der Waals surface area (Å²) in [4.78, 5) is 25.0. The van der Waals surface area contributed by atoms with Crippen LogP contribution >= 0.6 is 0 Å². The summed E-state index contributed by atoms with van der Waals surface area (Å²) < 4.78 is 13.1. The average Bonchev–Trinajstić information content (AvgIpc) is 3.15. The van der Waals surface area contributed by atoms with Crippen LogP contribution in [0.4, 0.5) is 16.2 Å². The normalized spacial score (nSPS) is 10.5. The number of nitrogens with one attached hydrogen (secondary N) is 2. The van der Waals surface area contributed by atoms with Crippen molar-refractivity contribution in [1.29, 1.82) is 0 Å². The molecule has 0 radical (unpaired) electrons. The summed E-state index contributed by atoms with van der Waals surface area (Å²) in [5.41, 5.74) is 3.22. The molecule has 0 saturated carbocycles. The van der Waals surface area contributed by atoms with E-state index in [1.54, 1.807) is 60.9 Å². The van der Waals surface area contributed by atoms with Gasteiger partial charge in [0.25, 0.3) is 0 Å². The number of aromatic nitrogens is 4. The first-order valence-corrected chi connectivity index (χ1v) is 10.4. The van der Waals surface area contributed by atoms with E-state index in [0.29, 0.717) is 35.4 Å².